The van der Waals surface area contributed by atoms with Crippen LogP contribution in [0.3, 0.4) is 0 Å². The fourth-order valence-corrected chi connectivity index (χ4v) is 2.87. The van der Waals surface area contributed by atoms with Gasteiger partial charge in [-0.25, -0.2) is 0 Å². The molecule has 0 fully saturated rings. The smallest absolute Gasteiger partial charge is 0.175 e. The number of thiol groups is 2. The van der Waals surface area contributed by atoms with Crippen molar-refractivity contribution in [2.75, 3.05) is 10.6 Å². The Labute approximate surface area is 109 Å². The van der Waals surface area contributed by atoms with Crippen LogP contribution in [0.1, 0.15) is 0 Å². The standard InChI is InChI=1S/C11H8N2S3/c14-7-4-8(15)10-9-5(7)2-1-3-6(9)12-11(16)13-10/h1-4,14-15H,(H2,12,13,16). The van der Waals surface area contributed by atoms with Crippen LogP contribution in [0.5, 0.6) is 0 Å². The number of rotatable bonds is 0. The molecule has 0 aromatic heterocycles. The number of thiocarbonyl (C=S) groups is 1. The molecule has 16 heavy (non-hydrogen) atoms. The summed E-state index contributed by atoms with van der Waals surface area (Å²) in [6.45, 7) is 0. The van der Waals surface area contributed by atoms with Crippen molar-refractivity contribution in [2.24, 2.45) is 0 Å². The first kappa shape index (κ1) is 10.3. The normalized spacial score (nSPS) is 13.5. The lowest BCUT2D eigenvalue weighted by atomic mass is 10.1. The fraction of sp³-hybridized carbons (Fsp3) is 0. The second-order valence-corrected chi connectivity index (χ2v) is 4.97. The van der Waals surface area contributed by atoms with Gasteiger partial charge in [-0.2, -0.15) is 0 Å². The summed E-state index contributed by atoms with van der Waals surface area (Å²) < 4.78 is 0. The van der Waals surface area contributed by atoms with E-state index in [0.29, 0.717) is 5.11 Å². The van der Waals surface area contributed by atoms with Gasteiger partial charge in [-0.3, -0.25) is 0 Å². The maximum atomic E-state index is 5.14. The van der Waals surface area contributed by atoms with Crippen molar-refractivity contribution in [3.8, 4) is 0 Å². The molecule has 2 aromatic rings. The highest BCUT2D eigenvalue weighted by atomic mass is 32.1. The highest BCUT2D eigenvalue weighted by molar-refractivity contribution is 7.81. The van der Waals surface area contributed by atoms with E-state index >= 15 is 0 Å². The molecule has 0 spiro atoms. The van der Waals surface area contributed by atoms with Crippen LogP contribution in [0, 0.1) is 0 Å². The molecule has 2 N–H and O–H groups in total. The Hall–Kier alpha value is -0.910. The Balaban J connectivity index is 2.51. The van der Waals surface area contributed by atoms with E-state index in [1.54, 1.807) is 0 Å². The Morgan fingerprint density at radius 3 is 2.69 bits per heavy atom. The molecule has 0 saturated heterocycles. The van der Waals surface area contributed by atoms with Crippen molar-refractivity contribution in [1.82, 2.24) is 0 Å². The molecule has 0 radical (unpaired) electrons. The molecule has 0 bridgehead atoms. The van der Waals surface area contributed by atoms with E-state index in [1.807, 2.05) is 24.3 Å². The van der Waals surface area contributed by atoms with Gasteiger partial charge in [0.2, 0.25) is 0 Å². The molecule has 0 atom stereocenters. The van der Waals surface area contributed by atoms with Crippen molar-refractivity contribution in [3.05, 3.63) is 24.3 Å². The number of hydrogen-bond donors (Lipinski definition) is 4. The lowest BCUT2D eigenvalue weighted by molar-refractivity contribution is 1.39. The van der Waals surface area contributed by atoms with E-state index in [1.165, 1.54) is 0 Å². The van der Waals surface area contributed by atoms with Crippen LogP contribution >= 0.6 is 37.5 Å². The van der Waals surface area contributed by atoms with Gasteiger partial charge in [0.15, 0.2) is 5.11 Å². The minimum absolute atomic E-state index is 0.599. The van der Waals surface area contributed by atoms with Gasteiger partial charge in [0, 0.05) is 15.2 Å². The monoisotopic (exact) mass is 264 g/mol. The second kappa shape index (κ2) is 3.55. The quantitative estimate of drug-likeness (QED) is 0.432. The molecule has 1 heterocycles. The highest BCUT2D eigenvalue weighted by Crippen LogP contribution is 2.40. The summed E-state index contributed by atoms with van der Waals surface area (Å²) in [7, 11) is 0. The summed E-state index contributed by atoms with van der Waals surface area (Å²) in [4.78, 5) is 1.77. The van der Waals surface area contributed by atoms with Crippen molar-refractivity contribution in [1.29, 1.82) is 0 Å². The van der Waals surface area contributed by atoms with Crippen LogP contribution in [0.15, 0.2) is 34.1 Å². The zero-order valence-corrected chi connectivity index (χ0v) is 10.7. The molecule has 80 valence electrons. The van der Waals surface area contributed by atoms with Crippen LogP contribution < -0.4 is 10.6 Å². The number of benzene rings is 2. The largest absolute Gasteiger partial charge is 0.332 e. The minimum Gasteiger partial charge on any atom is -0.332 e. The average molecular weight is 264 g/mol. The van der Waals surface area contributed by atoms with Gasteiger partial charge in [-0.05, 0) is 29.7 Å². The Bertz CT molecular complexity index is 622. The van der Waals surface area contributed by atoms with Crippen molar-refractivity contribution >= 4 is 64.7 Å². The summed E-state index contributed by atoms with van der Waals surface area (Å²) >= 11 is 14.1. The zero-order chi connectivity index (χ0) is 11.3. The molecular weight excluding hydrogens is 256 g/mol. The summed E-state index contributed by atoms with van der Waals surface area (Å²) in [6, 6.07) is 7.95. The Morgan fingerprint density at radius 2 is 1.88 bits per heavy atom. The zero-order valence-electron chi connectivity index (χ0n) is 8.11. The highest BCUT2D eigenvalue weighted by Gasteiger charge is 2.17. The lowest BCUT2D eigenvalue weighted by Gasteiger charge is -2.23. The van der Waals surface area contributed by atoms with Crippen molar-refractivity contribution in [2.45, 2.75) is 9.79 Å². The molecule has 0 unspecified atom stereocenters. The third kappa shape index (κ3) is 1.39. The Morgan fingerprint density at radius 1 is 1.06 bits per heavy atom. The fourth-order valence-electron chi connectivity index (χ4n) is 1.94. The molecular formula is C11H8N2S3. The molecule has 0 amide bonds. The van der Waals surface area contributed by atoms with Gasteiger partial charge < -0.3 is 10.6 Å². The molecule has 5 heteroatoms. The molecule has 0 aliphatic carbocycles. The van der Waals surface area contributed by atoms with Gasteiger partial charge in [0.05, 0.1) is 11.4 Å². The summed E-state index contributed by atoms with van der Waals surface area (Å²) in [6.07, 6.45) is 0. The van der Waals surface area contributed by atoms with E-state index in [-0.39, 0.29) is 0 Å². The molecule has 1 aliphatic rings. The van der Waals surface area contributed by atoms with Crippen LogP contribution in [0.25, 0.3) is 10.8 Å². The number of hydrogen-bond acceptors (Lipinski definition) is 3. The topological polar surface area (TPSA) is 24.1 Å². The van der Waals surface area contributed by atoms with Crippen LogP contribution in [0.2, 0.25) is 0 Å². The van der Waals surface area contributed by atoms with Crippen molar-refractivity contribution < 1.29 is 0 Å². The first-order valence-electron chi connectivity index (χ1n) is 4.72. The predicted octanol–water partition coefficient (Wildman–Crippen LogP) is 3.54. The van der Waals surface area contributed by atoms with E-state index in [2.05, 4.69) is 35.9 Å². The summed E-state index contributed by atoms with van der Waals surface area (Å²) in [5, 5.41) is 9.04. The SMILES string of the molecule is S=C1Nc2cccc3c(S)cc(S)c(c23)N1. The molecule has 2 aromatic carbocycles. The van der Waals surface area contributed by atoms with Gasteiger partial charge in [-0.1, -0.05) is 12.1 Å². The van der Waals surface area contributed by atoms with Crippen LogP contribution in [-0.2, 0) is 0 Å². The third-order valence-electron chi connectivity index (χ3n) is 2.61. The Kier molecular flexibility index (Phi) is 2.27. The van der Waals surface area contributed by atoms with E-state index in [9.17, 15) is 0 Å². The van der Waals surface area contributed by atoms with E-state index < -0.39 is 0 Å². The van der Waals surface area contributed by atoms with E-state index in [4.69, 9.17) is 12.2 Å². The third-order valence-corrected chi connectivity index (χ3v) is 3.53. The first-order valence-corrected chi connectivity index (χ1v) is 6.03. The second-order valence-electron chi connectivity index (χ2n) is 3.60. The van der Waals surface area contributed by atoms with E-state index in [0.717, 1.165) is 31.9 Å². The minimum atomic E-state index is 0.599. The lowest BCUT2D eigenvalue weighted by Crippen LogP contribution is -2.23. The number of anilines is 2. The van der Waals surface area contributed by atoms with Gasteiger partial charge in [0.25, 0.3) is 0 Å². The van der Waals surface area contributed by atoms with Gasteiger partial charge in [-0.15, -0.1) is 25.3 Å². The molecule has 2 nitrogen and oxygen atoms in total. The number of nitrogens with one attached hydrogen (secondary N) is 2. The van der Waals surface area contributed by atoms with Gasteiger partial charge >= 0.3 is 0 Å². The maximum absolute atomic E-state index is 5.14. The molecule has 0 saturated carbocycles. The van der Waals surface area contributed by atoms with Crippen LogP contribution in [-0.4, -0.2) is 5.11 Å². The molecule has 3 rings (SSSR count). The van der Waals surface area contributed by atoms with Crippen molar-refractivity contribution in [3.63, 3.8) is 0 Å². The van der Waals surface area contributed by atoms with Crippen LogP contribution in [0.4, 0.5) is 11.4 Å². The summed E-state index contributed by atoms with van der Waals surface area (Å²) in [5.41, 5.74) is 1.96. The maximum Gasteiger partial charge on any atom is 0.175 e. The summed E-state index contributed by atoms with van der Waals surface area (Å²) in [5.74, 6) is 0. The average Bonchev–Trinajstić information content (AvgIpc) is 2.25. The van der Waals surface area contributed by atoms with Gasteiger partial charge in [0.1, 0.15) is 0 Å². The first-order chi connectivity index (χ1) is 7.66. The molecule has 1 aliphatic heterocycles. The predicted molar refractivity (Wildman–Crippen MR) is 78.3 cm³/mol.